The fourth-order valence-corrected chi connectivity index (χ4v) is 4.71. The van der Waals surface area contributed by atoms with Crippen LogP contribution in [-0.4, -0.2) is 47.8 Å². The molecule has 0 unspecified atom stereocenters. The van der Waals surface area contributed by atoms with Gasteiger partial charge in [0.1, 0.15) is 5.56 Å². The molecule has 5 rings (SSSR count). The number of carbonyl (C=O) groups excluding carboxylic acids is 1. The summed E-state index contributed by atoms with van der Waals surface area (Å²) in [5, 5.41) is 0.884. The molecule has 1 N–H and O–H groups in total. The first-order valence-electron chi connectivity index (χ1n) is 12.6. The fraction of sp³-hybridized carbons (Fsp3) is 0.300. The molecule has 2 aromatic heterocycles. The molecule has 0 saturated heterocycles. The van der Waals surface area contributed by atoms with E-state index in [1.54, 1.807) is 18.1 Å². The smallest absolute Gasteiger partial charge is 0.261 e. The predicted molar refractivity (Wildman–Crippen MR) is 146 cm³/mol. The van der Waals surface area contributed by atoms with E-state index in [0.29, 0.717) is 31.1 Å². The molecular formula is C30H31N3O5. The number of amides is 1. The fourth-order valence-electron chi connectivity index (χ4n) is 4.71. The van der Waals surface area contributed by atoms with E-state index in [1.165, 1.54) is 0 Å². The lowest BCUT2D eigenvalue weighted by atomic mass is 9.98. The third-order valence-corrected chi connectivity index (χ3v) is 6.94. The number of hydrogen-bond acceptors (Lipinski definition) is 6. The molecule has 3 heterocycles. The van der Waals surface area contributed by atoms with Gasteiger partial charge < -0.3 is 24.1 Å². The van der Waals surface area contributed by atoms with E-state index >= 15 is 0 Å². The molecule has 38 heavy (non-hydrogen) atoms. The van der Waals surface area contributed by atoms with Crippen LogP contribution >= 0.6 is 0 Å². The van der Waals surface area contributed by atoms with Crippen LogP contribution in [0.15, 0.2) is 53.3 Å². The number of hydrogen-bond donors (Lipinski definition) is 1. The molecule has 0 spiro atoms. The zero-order chi connectivity index (χ0) is 26.8. The molecule has 1 aliphatic heterocycles. The summed E-state index contributed by atoms with van der Waals surface area (Å²) in [5.41, 5.74) is 5.83. The van der Waals surface area contributed by atoms with Crippen molar-refractivity contribution < 1.29 is 19.0 Å². The molecule has 196 valence electrons. The Balaban J connectivity index is 1.62. The summed E-state index contributed by atoms with van der Waals surface area (Å²) in [6.07, 6.45) is 0.629. The van der Waals surface area contributed by atoms with Gasteiger partial charge in [-0.1, -0.05) is 24.3 Å². The minimum absolute atomic E-state index is 0.125. The average Bonchev–Trinajstić information content (AvgIpc) is 3.36. The Morgan fingerprint density at radius 2 is 1.82 bits per heavy atom. The van der Waals surface area contributed by atoms with Gasteiger partial charge in [-0.05, 0) is 62.1 Å². The van der Waals surface area contributed by atoms with E-state index in [1.807, 2.05) is 63.2 Å². The zero-order valence-corrected chi connectivity index (χ0v) is 22.1. The van der Waals surface area contributed by atoms with E-state index in [9.17, 15) is 9.59 Å². The van der Waals surface area contributed by atoms with Gasteiger partial charge in [-0.25, -0.2) is 4.98 Å². The van der Waals surface area contributed by atoms with E-state index in [4.69, 9.17) is 19.2 Å². The van der Waals surface area contributed by atoms with Crippen molar-refractivity contribution >= 4 is 16.8 Å². The second-order valence-corrected chi connectivity index (χ2v) is 9.60. The number of benzene rings is 2. The number of ether oxygens (including phenoxy) is 3. The highest BCUT2D eigenvalue weighted by molar-refractivity contribution is 5.94. The highest BCUT2D eigenvalue weighted by Crippen LogP contribution is 2.38. The maximum atomic E-state index is 13.8. The quantitative estimate of drug-likeness (QED) is 0.336. The minimum Gasteiger partial charge on any atom is -0.454 e. The highest BCUT2D eigenvalue weighted by Gasteiger charge is 2.23. The molecule has 8 heteroatoms. The summed E-state index contributed by atoms with van der Waals surface area (Å²) in [6.45, 7) is 7.11. The van der Waals surface area contributed by atoms with E-state index in [0.717, 1.165) is 44.5 Å². The normalized spacial score (nSPS) is 12.2. The molecule has 0 fully saturated rings. The number of rotatable bonds is 8. The molecule has 4 aromatic rings. The van der Waals surface area contributed by atoms with Crippen molar-refractivity contribution in [1.29, 1.82) is 0 Å². The van der Waals surface area contributed by atoms with Crippen LogP contribution in [-0.2, 0) is 11.3 Å². The van der Waals surface area contributed by atoms with Gasteiger partial charge in [0.25, 0.3) is 11.5 Å². The first-order valence-corrected chi connectivity index (χ1v) is 12.6. The van der Waals surface area contributed by atoms with Crippen molar-refractivity contribution in [1.82, 2.24) is 14.9 Å². The molecule has 1 aliphatic rings. The first-order chi connectivity index (χ1) is 18.4. The maximum Gasteiger partial charge on any atom is 0.261 e. The SMILES string of the molecule is COCCCN(Cc1cc2cc3c(cc2nc1-c1ccccc1C)OCO3)C(=O)c1cc(C)c(C)[nH]c1=O. The number of aryl methyl sites for hydroxylation is 3. The number of carbonyl (C=O) groups is 1. The second kappa shape index (κ2) is 10.7. The summed E-state index contributed by atoms with van der Waals surface area (Å²) in [5.74, 6) is 1.01. The maximum absolute atomic E-state index is 13.8. The van der Waals surface area contributed by atoms with Gasteiger partial charge in [-0.2, -0.15) is 0 Å². The van der Waals surface area contributed by atoms with Crippen LogP contribution in [0.2, 0.25) is 0 Å². The van der Waals surface area contributed by atoms with Crippen molar-refractivity contribution in [2.45, 2.75) is 33.7 Å². The standard InChI is InChI=1S/C30H31N3O5/c1-18-8-5-6-9-23(18)28-22(13-21-14-26-27(38-17-37-26)15-25(21)32-28)16-33(10-7-11-36-4)30(35)24-12-19(2)20(3)31-29(24)34/h5-6,8-9,12-15H,7,10-11,16-17H2,1-4H3,(H,31,34). The van der Waals surface area contributed by atoms with E-state index in [-0.39, 0.29) is 24.8 Å². The Morgan fingerprint density at radius 1 is 1.05 bits per heavy atom. The Labute approximate surface area is 221 Å². The van der Waals surface area contributed by atoms with Gasteiger partial charge in [0.05, 0.1) is 11.2 Å². The van der Waals surface area contributed by atoms with Crippen molar-refractivity contribution in [2.75, 3.05) is 27.1 Å². The van der Waals surface area contributed by atoms with Gasteiger partial charge in [0.2, 0.25) is 6.79 Å². The van der Waals surface area contributed by atoms with Crippen molar-refractivity contribution in [3.8, 4) is 22.8 Å². The van der Waals surface area contributed by atoms with Crippen LogP contribution in [0.25, 0.3) is 22.2 Å². The molecule has 0 aliphatic carbocycles. The monoisotopic (exact) mass is 513 g/mol. The second-order valence-electron chi connectivity index (χ2n) is 9.60. The number of fused-ring (bicyclic) bond motifs is 2. The van der Waals surface area contributed by atoms with Crippen LogP contribution in [0, 0.1) is 20.8 Å². The largest absolute Gasteiger partial charge is 0.454 e. The number of aromatic amines is 1. The summed E-state index contributed by atoms with van der Waals surface area (Å²) in [7, 11) is 1.63. The average molecular weight is 514 g/mol. The summed E-state index contributed by atoms with van der Waals surface area (Å²) in [4.78, 5) is 36.1. The number of nitrogens with zero attached hydrogens (tertiary/aromatic N) is 2. The van der Waals surface area contributed by atoms with Gasteiger partial charge >= 0.3 is 0 Å². The first kappa shape index (κ1) is 25.5. The molecule has 0 radical (unpaired) electrons. The lowest BCUT2D eigenvalue weighted by molar-refractivity contribution is 0.0722. The van der Waals surface area contributed by atoms with Crippen LogP contribution in [0.5, 0.6) is 11.5 Å². The molecule has 1 amide bonds. The van der Waals surface area contributed by atoms with Gasteiger partial charge in [0.15, 0.2) is 11.5 Å². The third kappa shape index (κ3) is 4.99. The van der Waals surface area contributed by atoms with Gasteiger partial charge in [-0.3, -0.25) is 9.59 Å². The third-order valence-electron chi connectivity index (χ3n) is 6.94. The Hall–Kier alpha value is -4.17. The summed E-state index contributed by atoms with van der Waals surface area (Å²) >= 11 is 0. The number of aromatic nitrogens is 2. The van der Waals surface area contributed by atoms with E-state index in [2.05, 4.69) is 4.98 Å². The highest BCUT2D eigenvalue weighted by atomic mass is 16.7. The number of methoxy groups -OCH3 is 1. The molecule has 2 aromatic carbocycles. The Kier molecular flexibility index (Phi) is 7.15. The lowest BCUT2D eigenvalue weighted by Crippen LogP contribution is -2.36. The van der Waals surface area contributed by atoms with E-state index < -0.39 is 5.56 Å². The Morgan fingerprint density at radius 3 is 2.58 bits per heavy atom. The number of nitrogens with one attached hydrogen (secondary N) is 1. The van der Waals surface area contributed by atoms with Crippen LogP contribution in [0.1, 0.15) is 39.2 Å². The predicted octanol–water partition coefficient (Wildman–Crippen LogP) is 4.92. The van der Waals surface area contributed by atoms with Crippen molar-refractivity contribution in [2.24, 2.45) is 0 Å². The minimum atomic E-state index is -0.390. The zero-order valence-electron chi connectivity index (χ0n) is 22.1. The van der Waals surface area contributed by atoms with Gasteiger partial charge in [0, 0.05) is 49.5 Å². The summed E-state index contributed by atoms with van der Waals surface area (Å²) < 4.78 is 16.4. The number of pyridine rings is 2. The number of H-pyrrole nitrogens is 1. The lowest BCUT2D eigenvalue weighted by Gasteiger charge is -2.24. The molecule has 0 atom stereocenters. The molecular weight excluding hydrogens is 482 g/mol. The van der Waals surface area contributed by atoms with Crippen molar-refractivity contribution in [3.05, 3.63) is 86.8 Å². The topological polar surface area (TPSA) is 93.8 Å². The van der Waals surface area contributed by atoms with Gasteiger partial charge in [-0.15, -0.1) is 0 Å². The Bertz CT molecular complexity index is 1580. The van der Waals surface area contributed by atoms with Crippen LogP contribution < -0.4 is 15.0 Å². The van der Waals surface area contributed by atoms with Crippen LogP contribution in [0.3, 0.4) is 0 Å². The van der Waals surface area contributed by atoms with Crippen molar-refractivity contribution in [3.63, 3.8) is 0 Å². The van der Waals surface area contributed by atoms with Crippen LogP contribution in [0.4, 0.5) is 0 Å². The molecule has 0 saturated carbocycles. The molecule has 8 nitrogen and oxygen atoms in total. The summed E-state index contributed by atoms with van der Waals surface area (Å²) in [6, 6.07) is 15.6. The molecule has 0 bridgehead atoms.